The molecule has 0 aromatic heterocycles. The van der Waals surface area contributed by atoms with E-state index in [9.17, 15) is 0 Å². The summed E-state index contributed by atoms with van der Waals surface area (Å²) in [5, 5.41) is 0.489. The van der Waals surface area contributed by atoms with E-state index in [2.05, 4.69) is 0 Å². The number of halogens is 2. The number of ether oxygens (including phenoxy) is 1. The molecule has 0 aromatic rings. The predicted octanol–water partition coefficient (Wildman–Crippen LogP) is 2.45. The molecule has 1 atom stereocenters. The first-order valence-corrected chi connectivity index (χ1v) is 4.64. The fourth-order valence-electron chi connectivity index (χ4n) is 0.515. The molecule has 0 radical (unpaired) electrons. The minimum absolute atomic E-state index is 0.274. The van der Waals surface area contributed by atoms with E-state index < -0.39 is 0 Å². The number of nitrogens with two attached hydrogens (primary N) is 1. The van der Waals surface area contributed by atoms with Crippen molar-refractivity contribution in [3.8, 4) is 0 Å². The standard InChI is InChI=1S/C8H15Cl2NO/c1-3-8(2,11)6-12-5-7(10)4-9/h4H,3,5-6,11H2,1-2H3. The molecule has 12 heavy (non-hydrogen) atoms. The molecule has 0 aliphatic rings. The molecular formula is C8H15Cl2NO. The van der Waals surface area contributed by atoms with Gasteiger partial charge in [0.05, 0.1) is 18.2 Å². The highest BCUT2D eigenvalue weighted by Gasteiger charge is 2.15. The Morgan fingerprint density at radius 3 is 2.67 bits per heavy atom. The first-order chi connectivity index (χ1) is 5.52. The highest BCUT2D eigenvalue weighted by Crippen LogP contribution is 2.08. The summed E-state index contributed by atoms with van der Waals surface area (Å²) in [5.41, 5.74) is 6.84. The molecule has 0 bridgehead atoms. The molecule has 0 aromatic carbocycles. The van der Waals surface area contributed by atoms with E-state index in [0.29, 0.717) is 18.2 Å². The lowest BCUT2D eigenvalue weighted by Gasteiger charge is -2.21. The first kappa shape index (κ1) is 12.2. The molecule has 0 saturated heterocycles. The Morgan fingerprint density at radius 2 is 2.25 bits per heavy atom. The molecule has 4 heteroatoms. The number of rotatable bonds is 5. The highest BCUT2D eigenvalue weighted by molar-refractivity contribution is 6.36. The Balaban J connectivity index is 3.56. The van der Waals surface area contributed by atoms with Gasteiger partial charge < -0.3 is 10.5 Å². The van der Waals surface area contributed by atoms with Crippen LogP contribution in [0.2, 0.25) is 0 Å². The topological polar surface area (TPSA) is 35.2 Å². The van der Waals surface area contributed by atoms with Gasteiger partial charge in [-0.05, 0) is 13.3 Å². The average Bonchev–Trinajstić information content (AvgIpc) is 2.04. The maximum atomic E-state index is 5.82. The maximum Gasteiger partial charge on any atom is 0.0832 e. The van der Waals surface area contributed by atoms with E-state index in [4.69, 9.17) is 33.7 Å². The number of hydrogen-bond acceptors (Lipinski definition) is 2. The van der Waals surface area contributed by atoms with Crippen LogP contribution in [-0.4, -0.2) is 18.8 Å². The van der Waals surface area contributed by atoms with E-state index in [1.165, 1.54) is 5.54 Å². The van der Waals surface area contributed by atoms with Crippen molar-refractivity contribution in [2.75, 3.05) is 13.2 Å². The molecule has 0 saturated carbocycles. The smallest absolute Gasteiger partial charge is 0.0832 e. The molecule has 0 spiro atoms. The normalized spacial score (nSPS) is 17.6. The summed E-state index contributed by atoms with van der Waals surface area (Å²) in [6.45, 7) is 4.77. The summed E-state index contributed by atoms with van der Waals surface area (Å²) in [6.07, 6.45) is 0.870. The van der Waals surface area contributed by atoms with Crippen molar-refractivity contribution in [3.05, 3.63) is 10.6 Å². The Labute approximate surface area is 83.7 Å². The van der Waals surface area contributed by atoms with Gasteiger partial charge in [0.2, 0.25) is 0 Å². The van der Waals surface area contributed by atoms with E-state index >= 15 is 0 Å². The molecule has 1 unspecified atom stereocenters. The van der Waals surface area contributed by atoms with Gasteiger partial charge in [-0.15, -0.1) is 0 Å². The van der Waals surface area contributed by atoms with Crippen molar-refractivity contribution < 1.29 is 4.74 Å². The largest absolute Gasteiger partial charge is 0.374 e. The highest BCUT2D eigenvalue weighted by atomic mass is 35.5. The Hall–Kier alpha value is 0.240. The van der Waals surface area contributed by atoms with Crippen LogP contribution in [0.25, 0.3) is 0 Å². The molecule has 0 aliphatic carbocycles. The molecule has 0 heterocycles. The summed E-state index contributed by atoms with van der Waals surface area (Å²) in [4.78, 5) is 0. The molecule has 2 nitrogen and oxygen atoms in total. The third-order valence-corrected chi connectivity index (χ3v) is 2.19. The molecule has 0 fully saturated rings. The van der Waals surface area contributed by atoms with Gasteiger partial charge in [0.1, 0.15) is 0 Å². The van der Waals surface area contributed by atoms with Crippen molar-refractivity contribution in [2.45, 2.75) is 25.8 Å². The second-order valence-electron chi connectivity index (χ2n) is 3.06. The van der Waals surface area contributed by atoms with Crippen molar-refractivity contribution >= 4 is 23.2 Å². The van der Waals surface area contributed by atoms with Gasteiger partial charge in [-0.25, -0.2) is 0 Å². The lowest BCUT2D eigenvalue weighted by atomic mass is 10.0. The van der Waals surface area contributed by atoms with Crippen LogP contribution in [0.5, 0.6) is 0 Å². The van der Waals surface area contributed by atoms with Crippen LogP contribution in [0.4, 0.5) is 0 Å². The molecule has 2 N–H and O–H groups in total. The first-order valence-electron chi connectivity index (χ1n) is 3.83. The van der Waals surface area contributed by atoms with Crippen molar-refractivity contribution in [3.63, 3.8) is 0 Å². The van der Waals surface area contributed by atoms with Gasteiger partial charge in [0.15, 0.2) is 0 Å². The summed E-state index contributed by atoms with van der Waals surface area (Å²) >= 11 is 10.9. The zero-order chi connectivity index (χ0) is 9.61. The minimum Gasteiger partial charge on any atom is -0.374 e. The van der Waals surface area contributed by atoms with Gasteiger partial charge in [0.25, 0.3) is 0 Å². The molecule has 0 amide bonds. The zero-order valence-electron chi connectivity index (χ0n) is 7.44. The van der Waals surface area contributed by atoms with Gasteiger partial charge in [-0.2, -0.15) is 0 Å². The summed E-state index contributed by atoms with van der Waals surface area (Å²) in [5.74, 6) is 0. The van der Waals surface area contributed by atoms with Gasteiger partial charge in [-0.1, -0.05) is 30.1 Å². The van der Waals surface area contributed by atoms with Crippen molar-refractivity contribution in [1.29, 1.82) is 0 Å². The summed E-state index contributed by atoms with van der Waals surface area (Å²) in [6, 6.07) is 0. The van der Waals surface area contributed by atoms with Gasteiger partial charge in [0, 0.05) is 11.1 Å². The van der Waals surface area contributed by atoms with E-state index in [1.54, 1.807) is 0 Å². The lowest BCUT2D eigenvalue weighted by Crippen LogP contribution is -2.40. The summed E-state index contributed by atoms with van der Waals surface area (Å²) in [7, 11) is 0. The van der Waals surface area contributed by atoms with Crippen molar-refractivity contribution in [1.82, 2.24) is 0 Å². The second kappa shape index (κ2) is 5.81. The zero-order valence-corrected chi connectivity index (χ0v) is 8.95. The monoisotopic (exact) mass is 211 g/mol. The molecule has 0 aliphatic heterocycles. The molecule has 72 valence electrons. The second-order valence-corrected chi connectivity index (χ2v) is 3.76. The Bertz CT molecular complexity index is 157. The lowest BCUT2D eigenvalue weighted by molar-refractivity contribution is 0.109. The van der Waals surface area contributed by atoms with Crippen LogP contribution in [-0.2, 0) is 4.74 Å². The Morgan fingerprint density at radius 1 is 1.67 bits per heavy atom. The van der Waals surface area contributed by atoms with E-state index in [0.717, 1.165) is 6.42 Å². The van der Waals surface area contributed by atoms with Crippen LogP contribution in [0.15, 0.2) is 10.6 Å². The van der Waals surface area contributed by atoms with E-state index in [-0.39, 0.29) is 5.54 Å². The fourth-order valence-corrected chi connectivity index (χ4v) is 0.655. The number of hydrogen-bond donors (Lipinski definition) is 1. The van der Waals surface area contributed by atoms with Crippen molar-refractivity contribution in [2.24, 2.45) is 5.73 Å². The van der Waals surface area contributed by atoms with Crippen LogP contribution in [0, 0.1) is 0 Å². The molecule has 0 rings (SSSR count). The average molecular weight is 212 g/mol. The van der Waals surface area contributed by atoms with Gasteiger partial charge in [-0.3, -0.25) is 0 Å². The minimum atomic E-state index is -0.274. The van der Waals surface area contributed by atoms with Crippen LogP contribution in [0.3, 0.4) is 0 Å². The maximum absolute atomic E-state index is 5.82. The molecular weight excluding hydrogens is 197 g/mol. The van der Waals surface area contributed by atoms with Crippen LogP contribution in [0.1, 0.15) is 20.3 Å². The third-order valence-electron chi connectivity index (χ3n) is 1.60. The quantitative estimate of drug-likeness (QED) is 0.759. The third kappa shape index (κ3) is 5.84. The fraction of sp³-hybridized carbons (Fsp3) is 0.750. The van der Waals surface area contributed by atoms with Crippen LogP contribution < -0.4 is 5.73 Å². The predicted molar refractivity (Wildman–Crippen MR) is 53.5 cm³/mol. The van der Waals surface area contributed by atoms with E-state index in [1.807, 2.05) is 13.8 Å². The van der Waals surface area contributed by atoms with Gasteiger partial charge >= 0.3 is 0 Å². The SMILES string of the molecule is CCC(C)(N)COCC(Cl)=CCl. The van der Waals surface area contributed by atoms with Crippen LogP contribution >= 0.6 is 23.2 Å². The summed E-state index contributed by atoms with van der Waals surface area (Å²) < 4.78 is 5.23. The Kier molecular flexibility index (Phi) is 5.93.